The summed E-state index contributed by atoms with van der Waals surface area (Å²) in [5.74, 6) is 0. The fraction of sp³-hybridized carbons (Fsp3) is 0.100. The van der Waals surface area contributed by atoms with Gasteiger partial charge in [-0.1, -0.05) is 24.8 Å². The Balaban J connectivity index is 2.64. The maximum atomic E-state index is 5.50. The summed E-state index contributed by atoms with van der Waals surface area (Å²) in [6.45, 7) is 4.30. The van der Waals surface area contributed by atoms with Crippen molar-refractivity contribution >= 4 is 16.5 Å². The van der Waals surface area contributed by atoms with Crippen molar-refractivity contribution in [1.29, 1.82) is 0 Å². The Morgan fingerprint density at radius 1 is 1.46 bits per heavy atom. The molecule has 0 unspecified atom stereocenters. The number of fused-ring (bicyclic) bond motifs is 1. The van der Waals surface area contributed by atoms with Crippen LogP contribution in [0.5, 0.6) is 0 Å². The molecule has 0 radical (unpaired) electrons. The van der Waals surface area contributed by atoms with E-state index in [9.17, 15) is 0 Å². The van der Waals surface area contributed by atoms with E-state index in [-0.39, 0.29) is 0 Å². The Labute approximate surface area is 76.3 Å². The summed E-state index contributed by atoms with van der Waals surface area (Å²) in [7, 11) is 0. The van der Waals surface area contributed by atoms with Crippen molar-refractivity contribution in [2.75, 3.05) is 6.54 Å². The van der Waals surface area contributed by atoms with Gasteiger partial charge in [-0.3, -0.25) is 5.10 Å². The van der Waals surface area contributed by atoms with Crippen molar-refractivity contribution in [2.24, 2.45) is 5.73 Å². The first-order valence-corrected chi connectivity index (χ1v) is 4.14. The second-order valence-electron chi connectivity index (χ2n) is 2.93. The molecule has 0 spiro atoms. The van der Waals surface area contributed by atoms with Crippen LogP contribution in [0.1, 0.15) is 5.69 Å². The molecule has 0 aliphatic carbocycles. The zero-order valence-corrected chi connectivity index (χ0v) is 7.25. The van der Waals surface area contributed by atoms with Gasteiger partial charge in [-0.05, 0) is 11.6 Å². The van der Waals surface area contributed by atoms with Gasteiger partial charge in [0.15, 0.2) is 0 Å². The topological polar surface area (TPSA) is 54.7 Å². The molecule has 0 aliphatic heterocycles. The Kier molecular flexibility index (Phi) is 1.87. The molecule has 2 rings (SSSR count). The lowest BCUT2D eigenvalue weighted by Crippen LogP contribution is -2.01. The van der Waals surface area contributed by atoms with Crippen molar-refractivity contribution in [2.45, 2.75) is 0 Å². The van der Waals surface area contributed by atoms with Crippen molar-refractivity contribution in [1.82, 2.24) is 10.2 Å². The van der Waals surface area contributed by atoms with Gasteiger partial charge in [0.2, 0.25) is 0 Å². The molecule has 0 atom stereocenters. The lowest BCUT2D eigenvalue weighted by atomic mass is 10.1. The fourth-order valence-electron chi connectivity index (χ4n) is 1.33. The van der Waals surface area contributed by atoms with Crippen LogP contribution in [-0.2, 0) is 0 Å². The van der Waals surface area contributed by atoms with Gasteiger partial charge in [-0.15, -0.1) is 0 Å². The standard InChI is InChI=1S/C10H11N3/c1-7(6-11)10-8-4-2-3-5-9(8)12-13-10/h2-5H,1,6,11H2,(H,12,13). The summed E-state index contributed by atoms with van der Waals surface area (Å²) in [5.41, 5.74) is 8.25. The van der Waals surface area contributed by atoms with Gasteiger partial charge in [-0.2, -0.15) is 5.10 Å². The van der Waals surface area contributed by atoms with Gasteiger partial charge in [0.05, 0.1) is 11.2 Å². The maximum Gasteiger partial charge on any atom is 0.0966 e. The highest BCUT2D eigenvalue weighted by atomic mass is 15.1. The maximum absolute atomic E-state index is 5.50. The van der Waals surface area contributed by atoms with E-state index in [1.807, 2.05) is 24.3 Å². The van der Waals surface area contributed by atoms with Gasteiger partial charge in [0.1, 0.15) is 0 Å². The minimum atomic E-state index is 0.439. The summed E-state index contributed by atoms with van der Waals surface area (Å²) in [6.07, 6.45) is 0. The molecular formula is C10H11N3. The smallest absolute Gasteiger partial charge is 0.0966 e. The average molecular weight is 173 g/mol. The summed E-state index contributed by atoms with van der Waals surface area (Å²) in [4.78, 5) is 0. The zero-order valence-electron chi connectivity index (χ0n) is 7.25. The third-order valence-corrected chi connectivity index (χ3v) is 2.05. The van der Waals surface area contributed by atoms with Crippen LogP contribution in [-0.4, -0.2) is 16.7 Å². The molecule has 3 heteroatoms. The molecule has 0 amide bonds. The van der Waals surface area contributed by atoms with Crippen LogP contribution in [0.2, 0.25) is 0 Å². The Morgan fingerprint density at radius 3 is 3.00 bits per heavy atom. The highest BCUT2D eigenvalue weighted by Gasteiger charge is 2.05. The van der Waals surface area contributed by atoms with E-state index in [0.717, 1.165) is 22.2 Å². The molecule has 1 aromatic carbocycles. The fourth-order valence-corrected chi connectivity index (χ4v) is 1.33. The number of nitrogens with one attached hydrogen (secondary N) is 1. The Bertz CT molecular complexity index is 442. The number of nitrogens with zero attached hydrogens (tertiary/aromatic N) is 1. The zero-order chi connectivity index (χ0) is 9.26. The molecule has 2 aromatic rings. The second-order valence-corrected chi connectivity index (χ2v) is 2.93. The number of nitrogens with two attached hydrogens (primary N) is 1. The lowest BCUT2D eigenvalue weighted by Gasteiger charge is -1.96. The third kappa shape index (κ3) is 1.23. The van der Waals surface area contributed by atoms with Crippen LogP contribution in [0.3, 0.4) is 0 Å². The molecule has 0 bridgehead atoms. The molecule has 0 saturated carbocycles. The monoisotopic (exact) mass is 173 g/mol. The summed E-state index contributed by atoms with van der Waals surface area (Å²) in [5, 5.41) is 8.18. The van der Waals surface area contributed by atoms with Crippen LogP contribution in [0.15, 0.2) is 30.8 Å². The molecule has 3 N–H and O–H groups in total. The molecular weight excluding hydrogens is 162 g/mol. The van der Waals surface area contributed by atoms with Crippen molar-refractivity contribution in [3.05, 3.63) is 36.5 Å². The van der Waals surface area contributed by atoms with Crippen molar-refractivity contribution in [3.8, 4) is 0 Å². The number of benzene rings is 1. The summed E-state index contributed by atoms with van der Waals surface area (Å²) in [6, 6.07) is 7.94. The largest absolute Gasteiger partial charge is 0.326 e. The van der Waals surface area contributed by atoms with Gasteiger partial charge < -0.3 is 5.73 Å². The molecule has 0 saturated heterocycles. The van der Waals surface area contributed by atoms with Gasteiger partial charge in [0.25, 0.3) is 0 Å². The Hall–Kier alpha value is -1.61. The van der Waals surface area contributed by atoms with E-state index in [4.69, 9.17) is 5.73 Å². The normalized spacial score (nSPS) is 10.5. The molecule has 1 aromatic heterocycles. The van der Waals surface area contributed by atoms with E-state index in [0.29, 0.717) is 6.54 Å². The molecule has 0 aliphatic rings. The van der Waals surface area contributed by atoms with Crippen LogP contribution in [0.4, 0.5) is 0 Å². The predicted molar refractivity (Wildman–Crippen MR) is 54.2 cm³/mol. The first kappa shape index (κ1) is 8.01. The van der Waals surface area contributed by atoms with Crippen LogP contribution in [0, 0.1) is 0 Å². The second kappa shape index (κ2) is 3.03. The molecule has 13 heavy (non-hydrogen) atoms. The van der Waals surface area contributed by atoms with Crippen molar-refractivity contribution in [3.63, 3.8) is 0 Å². The van der Waals surface area contributed by atoms with Crippen LogP contribution >= 0.6 is 0 Å². The number of hydrogen-bond acceptors (Lipinski definition) is 2. The first-order chi connectivity index (χ1) is 6.33. The number of aromatic nitrogens is 2. The Morgan fingerprint density at radius 2 is 2.23 bits per heavy atom. The average Bonchev–Trinajstić information content (AvgIpc) is 2.60. The lowest BCUT2D eigenvalue weighted by molar-refractivity contribution is 1.09. The highest BCUT2D eigenvalue weighted by Crippen LogP contribution is 2.19. The number of H-pyrrole nitrogens is 1. The first-order valence-electron chi connectivity index (χ1n) is 4.14. The molecule has 3 nitrogen and oxygen atoms in total. The van der Waals surface area contributed by atoms with E-state index in [1.54, 1.807) is 0 Å². The van der Waals surface area contributed by atoms with Gasteiger partial charge in [0, 0.05) is 11.9 Å². The minimum Gasteiger partial charge on any atom is -0.326 e. The van der Waals surface area contributed by atoms with Gasteiger partial charge in [-0.25, -0.2) is 0 Å². The van der Waals surface area contributed by atoms with Gasteiger partial charge >= 0.3 is 0 Å². The van der Waals surface area contributed by atoms with Crippen LogP contribution < -0.4 is 5.73 Å². The molecule has 66 valence electrons. The van der Waals surface area contributed by atoms with E-state index >= 15 is 0 Å². The molecule has 0 fully saturated rings. The predicted octanol–water partition coefficient (Wildman–Crippen LogP) is 1.53. The van der Waals surface area contributed by atoms with E-state index < -0.39 is 0 Å². The van der Waals surface area contributed by atoms with Crippen molar-refractivity contribution < 1.29 is 0 Å². The number of aromatic amines is 1. The highest BCUT2D eigenvalue weighted by molar-refractivity contribution is 5.89. The van der Waals surface area contributed by atoms with E-state index in [2.05, 4.69) is 16.8 Å². The minimum absolute atomic E-state index is 0.439. The SMILES string of the molecule is C=C(CN)c1n[nH]c2ccccc12. The quantitative estimate of drug-likeness (QED) is 0.723. The number of hydrogen-bond donors (Lipinski definition) is 2. The molecule has 1 heterocycles. The number of rotatable bonds is 2. The number of para-hydroxylation sites is 1. The summed E-state index contributed by atoms with van der Waals surface area (Å²) < 4.78 is 0. The van der Waals surface area contributed by atoms with Crippen LogP contribution in [0.25, 0.3) is 16.5 Å². The summed E-state index contributed by atoms with van der Waals surface area (Å²) >= 11 is 0. The van der Waals surface area contributed by atoms with E-state index in [1.165, 1.54) is 0 Å². The third-order valence-electron chi connectivity index (χ3n) is 2.05.